The zero-order valence-corrected chi connectivity index (χ0v) is 18.3. The maximum absolute atomic E-state index is 5.70. The Kier molecular flexibility index (Phi) is 3.82. The van der Waals surface area contributed by atoms with Crippen LogP contribution in [0.4, 0.5) is 0 Å². The number of hydrogen-bond donors (Lipinski definition) is 0. The second-order valence-corrected chi connectivity index (χ2v) is 12.5. The standard InChI is InChI=1S/C29H36O/c1-2-7-30-26-5-3-24(4-6-26)27-25-12-22-11-23(13-25)18-29(27,17-22)28-14-19-8-20(15-28)10-21(9-19)16-28/h1,3-6,19-23,25,27H,7-18H2. The lowest BCUT2D eigenvalue weighted by Gasteiger charge is -2.73. The van der Waals surface area contributed by atoms with Crippen LogP contribution in [-0.2, 0) is 0 Å². The minimum atomic E-state index is 0.367. The lowest BCUT2D eigenvalue weighted by Crippen LogP contribution is -2.63. The van der Waals surface area contributed by atoms with Crippen molar-refractivity contribution in [3.8, 4) is 18.1 Å². The Morgan fingerprint density at radius 2 is 1.30 bits per heavy atom. The van der Waals surface area contributed by atoms with Gasteiger partial charge in [-0.2, -0.15) is 0 Å². The van der Waals surface area contributed by atoms with Gasteiger partial charge in [-0.25, -0.2) is 0 Å². The molecular formula is C29H36O. The van der Waals surface area contributed by atoms with Crippen molar-refractivity contribution in [2.45, 2.75) is 76.5 Å². The molecule has 8 fully saturated rings. The molecule has 3 atom stereocenters. The smallest absolute Gasteiger partial charge is 0.148 e. The lowest BCUT2D eigenvalue weighted by molar-refractivity contribution is -0.211. The average molecular weight is 401 g/mol. The molecule has 1 aromatic rings. The van der Waals surface area contributed by atoms with E-state index in [0.29, 0.717) is 17.4 Å². The fourth-order valence-electron chi connectivity index (χ4n) is 11.0. The van der Waals surface area contributed by atoms with Gasteiger partial charge in [0.1, 0.15) is 12.4 Å². The van der Waals surface area contributed by atoms with Crippen LogP contribution < -0.4 is 4.74 Å². The summed E-state index contributed by atoms with van der Waals surface area (Å²) in [6.45, 7) is 0.367. The first-order valence-corrected chi connectivity index (χ1v) is 12.8. The van der Waals surface area contributed by atoms with Gasteiger partial charge in [-0.15, -0.1) is 6.42 Å². The Hall–Kier alpha value is -1.42. The van der Waals surface area contributed by atoms with Crippen LogP contribution in [0.2, 0.25) is 0 Å². The van der Waals surface area contributed by atoms with E-state index in [-0.39, 0.29) is 0 Å². The summed E-state index contributed by atoms with van der Waals surface area (Å²) < 4.78 is 5.70. The fraction of sp³-hybridized carbons (Fsp3) is 0.724. The van der Waals surface area contributed by atoms with Gasteiger partial charge >= 0.3 is 0 Å². The Morgan fingerprint density at radius 3 is 1.83 bits per heavy atom. The largest absolute Gasteiger partial charge is 0.481 e. The van der Waals surface area contributed by atoms with Gasteiger partial charge in [0.25, 0.3) is 0 Å². The van der Waals surface area contributed by atoms with Crippen molar-refractivity contribution in [3.05, 3.63) is 29.8 Å². The highest BCUT2D eigenvalue weighted by Crippen LogP contribution is 2.78. The molecule has 3 unspecified atom stereocenters. The second kappa shape index (κ2) is 6.31. The molecule has 30 heavy (non-hydrogen) atoms. The third-order valence-corrected chi connectivity index (χ3v) is 11.0. The molecule has 0 spiro atoms. The van der Waals surface area contributed by atoms with E-state index < -0.39 is 0 Å². The first-order valence-electron chi connectivity index (χ1n) is 12.8. The summed E-state index contributed by atoms with van der Waals surface area (Å²) in [4.78, 5) is 0. The normalized spacial score (nSPS) is 49.9. The van der Waals surface area contributed by atoms with E-state index in [4.69, 9.17) is 11.2 Å². The molecule has 0 amide bonds. The molecule has 1 aromatic carbocycles. The summed E-state index contributed by atoms with van der Waals surface area (Å²) in [7, 11) is 0. The third kappa shape index (κ3) is 2.43. The zero-order valence-electron chi connectivity index (χ0n) is 18.3. The molecule has 0 N–H and O–H groups in total. The molecule has 8 aliphatic carbocycles. The predicted molar refractivity (Wildman–Crippen MR) is 120 cm³/mol. The average Bonchev–Trinajstić information content (AvgIpc) is 2.71. The Labute approximate surface area is 182 Å². The zero-order chi connectivity index (χ0) is 19.9. The molecule has 1 heteroatoms. The van der Waals surface area contributed by atoms with Crippen molar-refractivity contribution in [1.82, 2.24) is 0 Å². The lowest BCUT2D eigenvalue weighted by atomic mass is 9.32. The van der Waals surface area contributed by atoms with Crippen LogP contribution in [0, 0.1) is 58.7 Å². The second-order valence-electron chi connectivity index (χ2n) is 12.5. The Morgan fingerprint density at radius 1 is 0.767 bits per heavy atom. The van der Waals surface area contributed by atoms with E-state index in [2.05, 4.69) is 30.2 Å². The highest BCUT2D eigenvalue weighted by atomic mass is 16.5. The number of ether oxygens (including phenoxy) is 1. The number of benzene rings is 1. The van der Waals surface area contributed by atoms with Gasteiger partial charge in [0.15, 0.2) is 0 Å². The molecule has 0 radical (unpaired) electrons. The van der Waals surface area contributed by atoms with Crippen LogP contribution in [0.1, 0.15) is 82.1 Å². The molecular weight excluding hydrogens is 364 g/mol. The van der Waals surface area contributed by atoms with E-state index >= 15 is 0 Å². The van der Waals surface area contributed by atoms with Gasteiger partial charge in [-0.1, -0.05) is 18.1 Å². The molecule has 0 heterocycles. The molecule has 8 saturated carbocycles. The van der Waals surface area contributed by atoms with E-state index in [1.165, 1.54) is 12.8 Å². The quantitative estimate of drug-likeness (QED) is 0.504. The molecule has 8 aliphatic rings. The SMILES string of the molecule is C#CCOc1ccc(C2C3CC4CC(C3)CC2(C23CC5CC(CC(C5)C2)C3)C4)cc1. The number of terminal acetylenes is 1. The predicted octanol–water partition coefficient (Wildman–Crippen LogP) is 6.82. The van der Waals surface area contributed by atoms with Gasteiger partial charge in [-0.3, -0.25) is 0 Å². The van der Waals surface area contributed by atoms with Crippen LogP contribution in [0.25, 0.3) is 0 Å². The van der Waals surface area contributed by atoms with Crippen molar-refractivity contribution >= 4 is 0 Å². The van der Waals surface area contributed by atoms with Gasteiger partial charge in [0.05, 0.1) is 0 Å². The minimum Gasteiger partial charge on any atom is -0.481 e. The number of hydrogen-bond acceptors (Lipinski definition) is 1. The van der Waals surface area contributed by atoms with Crippen LogP contribution in [-0.4, -0.2) is 6.61 Å². The van der Waals surface area contributed by atoms with E-state index in [0.717, 1.165) is 47.2 Å². The summed E-state index contributed by atoms with van der Waals surface area (Å²) in [5, 5.41) is 0. The van der Waals surface area contributed by atoms with Gasteiger partial charge in [-0.05, 0) is 141 Å². The highest BCUT2D eigenvalue weighted by Gasteiger charge is 2.68. The molecule has 1 nitrogen and oxygen atoms in total. The molecule has 0 aliphatic heterocycles. The van der Waals surface area contributed by atoms with E-state index in [1.807, 2.05) is 0 Å². The highest BCUT2D eigenvalue weighted by molar-refractivity contribution is 5.35. The van der Waals surface area contributed by atoms with Crippen LogP contribution in [0.5, 0.6) is 5.75 Å². The van der Waals surface area contributed by atoms with Crippen LogP contribution in [0.3, 0.4) is 0 Å². The third-order valence-electron chi connectivity index (χ3n) is 11.0. The summed E-state index contributed by atoms with van der Waals surface area (Å²) in [6.07, 6.45) is 22.5. The van der Waals surface area contributed by atoms with Crippen molar-refractivity contribution in [2.24, 2.45) is 46.3 Å². The Balaban J connectivity index is 1.30. The molecule has 8 bridgehead atoms. The van der Waals surface area contributed by atoms with Crippen LogP contribution >= 0.6 is 0 Å². The van der Waals surface area contributed by atoms with Gasteiger partial charge < -0.3 is 4.74 Å². The molecule has 0 saturated heterocycles. The Bertz CT molecular complexity index is 823. The molecule has 9 rings (SSSR count). The van der Waals surface area contributed by atoms with Gasteiger partial charge in [0.2, 0.25) is 0 Å². The van der Waals surface area contributed by atoms with Crippen LogP contribution in [0.15, 0.2) is 24.3 Å². The van der Waals surface area contributed by atoms with Crippen molar-refractivity contribution in [3.63, 3.8) is 0 Å². The monoisotopic (exact) mass is 400 g/mol. The maximum atomic E-state index is 5.70. The minimum absolute atomic E-state index is 0.367. The summed E-state index contributed by atoms with van der Waals surface area (Å²) >= 11 is 0. The maximum Gasteiger partial charge on any atom is 0.148 e. The van der Waals surface area contributed by atoms with Crippen molar-refractivity contribution < 1.29 is 4.74 Å². The molecule has 158 valence electrons. The summed E-state index contributed by atoms with van der Waals surface area (Å²) in [5.74, 6) is 10.5. The topological polar surface area (TPSA) is 9.23 Å². The van der Waals surface area contributed by atoms with Crippen molar-refractivity contribution in [1.29, 1.82) is 0 Å². The fourth-order valence-corrected chi connectivity index (χ4v) is 11.0. The van der Waals surface area contributed by atoms with E-state index in [9.17, 15) is 0 Å². The van der Waals surface area contributed by atoms with Crippen molar-refractivity contribution in [2.75, 3.05) is 6.61 Å². The first kappa shape index (κ1) is 18.2. The molecule has 0 aromatic heterocycles. The van der Waals surface area contributed by atoms with E-state index in [1.54, 1.807) is 63.4 Å². The first-order chi connectivity index (χ1) is 14.7. The summed E-state index contributed by atoms with van der Waals surface area (Å²) in [5.41, 5.74) is 2.89. The van der Waals surface area contributed by atoms with Gasteiger partial charge in [0, 0.05) is 0 Å². The summed E-state index contributed by atoms with van der Waals surface area (Å²) in [6, 6.07) is 9.23. The number of rotatable bonds is 4.